The Kier molecular flexibility index (Phi) is 3.58. The van der Waals surface area contributed by atoms with E-state index in [0.29, 0.717) is 33.7 Å². The second kappa shape index (κ2) is 5.99. The predicted molar refractivity (Wildman–Crippen MR) is 104 cm³/mol. The van der Waals surface area contributed by atoms with Crippen molar-refractivity contribution in [2.24, 2.45) is 5.41 Å². The molecule has 1 saturated carbocycles. The normalized spacial score (nSPS) is 17.2. The van der Waals surface area contributed by atoms with Crippen LogP contribution in [0.25, 0.3) is 22.1 Å². The summed E-state index contributed by atoms with van der Waals surface area (Å²) in [5, 5.41) is 12.2. The van der Waals surface area contributed by atoms with Crippen molar-refractivity contribution in [2.75, 3.05) is 23.7 Å². The summed E-state index contributed by atoms with van der Waals surface area (Å²) in [7, 11) is 0. The van der Waals surface area contributed by atoms with Gasteiger partial charge in [-0.2, -0.15) is 5.26 Å². The molecule has 5 rings (SSSR count). The fourth-order valence-corrected chi connectivity index (χ4v) is 4.26. The first kappa shape index (κ1) is 16.1. The van der Waals surface area contributed by atoms with Gasteiger partial charge in [-0.1, -0.05) is 0 Å². The number of pyridine rings is 1. The molecule has 0 bridgehead atoms. The van der Waals surface area contributed by atoms with Gasteiger partial charge in [-0.15, -0.1) is 11.3 Å². The van der Waals surface area contributed by atoms with E-state index >= 15 is 0 Å². The van der Waals surface area contributed by atoms with Gasteiger partial charge in [0, 0.05) is 24.7 Å². The summed E-state index contributed by atoms with van der Waals surface area (Å²) < 4.78 is 0. The second-order valence-corrected chi connectivity index (χ2v) is 8.10. The minimum absolute atomic E-state index is 0.321. The van der Waals surface area contributed by atoms with Crippen molar-refractivity contribution in [3.8, 4) is 28.2 Å². The van der Waals surface area contributed by atoms with Gasteiger partial charge in [0.2, 0.25) is 0 Å². The molecule has 2 N–H and O–H groups in total. The molecule has 3 aromatic rings. The van der Waals surface area contributed by atoms with Crippen molar-refractivity contribution in [1.82, 2.24) is 19.9 Å². The van der Waals surface area contributed by atoms with E-state index in [1.807, 2.05) is 5.38 Å². The van der Waals surface area contributed by atoms with Gasteiger partial charge in [0.15, 0.2) is 0 Å². The molecule has 0 atom stereocenters. The molecule has 0 unspecified atom stereocenters. The van der Waals surface area contributed by atoms with E-state index in [2.05, 4.69) is 25.9 Å². The number of nitriles is 1. The first-order chi connectivity index (χ1) is 13.2. The molecule has 3 aromatic heterocycles. The Labute approximate surface area is 160 Å². The third-order valence-electron chi connectivity index (χ3n) is 5.40. The third kappa shape index (κ3) is 2.80. The molecule has 1 aliphatic heterocycles. The number of thiazole rings is 1. The van der Waals surface area contributed by atoms with Gasteiger partial charge in [0.05, 0.1) is 18.1 Å². The van der Waals surface area contributed by atoms with E-state index in [4.69, 9.17) is 10.7 Å². The Morgan fingerprint density at radius 3 is 2.78 bits per heavy atom. The minimum Gasteiger partial charge on any atom is -0.398 e. The number of nitrogen functional groups attached to an aromatic ring is 1. The van der Waals surface area contributed by atoms with Crippen molar-refractivity contribution in [3.63, 3.8) is 0 Å². The topological polar surface area (TPSA) is 105 Å². The van der Waals surface area contributed by atoms with Crippen LogP contribution >= 0.6 is 11.3 Å². The van der Waals surface area contributed by atoms with E-state index in [1.165, 1.54) is 30.6 Å². The molecule has 1 saturated heterocycles. The van der Waals surface area contributed by atoms with Crippen LogP contribution < -0.4 is 10.6 Å². The lowest BCUT2D eigenvalue weighted by molar-refractivity contribution is 0.580. The van der Waals surface area contributed by atoms with E-state index < -0.39 is 0 Å². The molecule has 1 spiro atoms. The van der Waals surface area contributed by atoms with Crippen LogP contribution in [0, 0.1) is 16.7 Å². The fourth-order valence-electron chi connectivity index (χ4n) is 3.66. The fraction of sp³-hybridized carbons (Fsp3) is 0.316. The minimum atomic E-state index is 0.321. The van der Waals surface area contributed by atoms with Crippen LogP contribution in [0.1, 0.15) is 24.8 Å². The monoisotopic (exact) mass is 375 g/mol. The highest BCUT2D eigenvalue weighted by molar-refractivity contribution is 7.13. The average molecular weight is 375 g/mol. The van der Waals surface area contributed by atoms with Crippen LogP contribution in [0.15, 0.2) is 30.0 Å². The SMILES string of the molecule is N#Cc1c(N)cc(-c2nccs2)nc1-c1cncc(N2CCC3(CC3)C2)n1. The number of aromatic nitrogens is 4. The quantitative estimate of drug-likeness (QED) is 0.750. The lowest BCUT2D eigenvalue weighted by Gasteiger charge is -2.17. The molecule has 0 amide bonds. The summed E-state index contributed by atoms with van der Waals surface area (Å²) in [4.78, 5) is 20.4. The van der Waals surface area contributed by atoms with E-state index in [1.54, 1.807) is 24.7 Å². The van der Waals surface area contributed by atoms with Crippen molar-refractivity contribution >= 4 is 22.8 Å². The molecule has 2 fully saturated rings. The Hall–Kier alpha value is -3.05. The molecule has 8 heteroatoms. The molecule has 0 radical (unpaired) electrons. The largest absolute Gasteiger partial charge is 0.398 e. The van der Waals surface area contributed by atoms with E-state index in [0.717, 1.165) is 23.9 Å². The van der Waals surface area contributed by atoms with Crippen LogP contribution in [0.4, 0.5) is 11.5 Å². The summed E-state index contributed by atoms with van der Waals surface area (Å²) in [5.41, 5.74) is 8.99. The number of hydrogen-bond acceptors (Lipinski definition) is 8. The molecule has 2 aliphatic rings. The first-order valence-electron chi connectivity index (χ1n) is 8.85. The highest BCUT2D eigenvalue weighted by Crippen LogP contribution is 2.53. The van der Waals surface area contributed by atoms with Crippen LogP contribution in [-0.2, 0) is 0 Å². The predicted octanol–water partition coefficient (Wildman–Crippen LogP) is 3.11. The van der Waals surface area contributed by atoms with E-state index in [-0.39, 0.29) is 0 Å². The smallest absolute Gasteiger partial charge is 0.147 e. The maximum absolute atomic E-state index is 9.60. The number of anilines is 2. The highest BCUT2D eigenvalue weighted by atomic mass is 32.1. The standard InChI is InChI=1S/C19H17N7S/c20-8-12-13(21)7-14(18-23-4-6-27-18)25-17(12)15-9-22-10-16(24-15)26-5-3-19(11-26)1-2-19/h4,6-7,9-10H,1-3,5,11H2,(H2,21,25). The van der Waals surface area contributed by atoms with Gasteiger partial charge in [-0.25, -0.2) is 15.0 Å². The molecular weight excluding hydrogens is 358 g/mol. The second-order valence-electron chi connectivity index (χ2n) is 7.20. The lowest BCUT2D eigenvalue weighted by Crippen LogP contribution is -2.21. The van der Waals surface area contributed by atoms with Crippen molar-refractivity contribution in [3.05, 3.63) is 35.6 Å². The zero-order valence-electron chi connectivity index (χ0n) is 14.6. The number of nitrogens with two attached hydrogens (primary N) is 1. The van der Waals surface area contributed by atoms with E-state index in [9.17, 15) is 5.26 Å². The zero-order valence-corrected chi connectivity index (χ0v) is 15.4. The molecule has 134 valence electrons. The van der Waals surface area contributed by atoms with Crippen LogP contribution in [0.3, 0.4) is 0 Å². The lowest BCUT2D eigenvalue weighted by atomic mass is 10.1. The molecule has 27 heavy (non-hydrogen) atoms. The van der Waals surface area contributed by atoms with Gasteiger partial charge < -0.3 is 10.6 Å². The molecule has 0 aromatic carbocycles. The first-order valence-corrected chi connectivity index (χ1v) is 9.73. The Balaban J connectivity index is 1.58. The van der Waals surface area contributed by atoms with Crippen molar-refractivity contribution in [1.29, 1.82) is 5.26 Å². The van der Waals surface area contributed by atoms with Gasteiger partial charge >= 0.3 is 0 Å². The molecular formula is C19H17N7S. The van der Waals surface area contributed by atoms with Crippen LogP contribution in [0.5, 0.6) is 0 Å². The zero-order chi connectivity index (χ0) is 18.4. The maximum atomic E-state index is 9.60. The molecule has 7 nitrogen and oxygen atoms in total. The Morgan fingerprint density at radius 1 is 1.19 bits per heavy atom. The maximum Gasteiger partial charge on any atom is 0.147 e. The summed E-state index contributed by atoms with van der Waals surface area (Å²) >= 11 is 1.48. The summed E-state index contributed by atoms with van der Waals surface area (Å²) in [5.74, 6) is 0.834. The van der Waals surface area contributed by atoms with Crippen LogP contribution in [0.2, 0.25) is 0 Å². The Morgan fingerprint density at radius 2 is 2.07 bits per heavy atom. The molecule has 1 aliphatic carbocycles. The average Bonchev–Trinajstić information content (AvgIpc) is 3.09. The summed E-state index contributed by atoms with van der Waals surface area (Å²) in [6.07, 6.45) is 8.97. The highest BCUT2D eigenvalue weighted by Gasteiger charge is 2.48. The number of rotatable bonds is 3. The van der Waals surface area contributed by atoms with Crippen molar-refractivity contribution in [2.45, 2.75) is 19.3 Å². The van der Waals surface area contributed by atoms with Crippen LogP contribution in [-0.4, -0.2) is 33.0 Å². The summed E-state index contributed by atoms with van der Waals surface area (Å²) in [6, 6.07) is 3.85. The van der Waals surface area contributed by atoms with Crippen molar-refractivity contribution < 1.29 is 0 Å². The molecule has 4 heterocycles. The number of hydrogen-bond donors (Lipinski definition) is 1. The van der Waals surface area contributed by atoms with Gasteiger partial charge in [0.1, 0.15) is 39.5 Å². The van der Waals surface area contributed by atoms with Gasteiger partial charge in [0.25, 0.3) is 0 Å². The number of nitrogens with zero attached hydrogens (tertiary/aromatic N) is 6. The van der Waals surface area contributed by atoms with Gasteiger partial charge in [-0.05, 0) is 30.7 Å². The Bertz CT molecular complexity index is 1050. The van der Waals surface area contributed by atoms with Gasteiger partial charge in [-0.3, -0.25) is 4.98 Å². The third-order valence-corrected chi connectivity index (χ3v) is 6.19. The summed E-state index contributed by atoms with van der Waals surface area (Å²) in [6.45, 7) is 2.03.